The lowest BCUT2D eigenvalue weighted by atomic mass is 10.1. The van der Waals surface area contributed by atoms with Gasteiger partial charge in [0.25, 0.3) is 5.91 Å². The van der Waals surface area contributed by atoms with Crippen molar-refractivity contribution in [3.63, 3.8) is 0 Å². The van der Waals surface area contributed by atoms with Gasteiger partial charge in [-0.05, 0) is 37.1 Å². The number of piperazine rings is 1. The van der Waals surface area contributed by atoms with Crippen molar-refractivity contribution in [1.29, 1.82) is 0 Å². The number of hydrogen-bond donors (Lipinski definition) is 0. The van der Waals surface area contributed by atoms with Gasteiger partial charge in [-0.25, -0.2) is 0 Å². The number of amides is 1. The fraction of sp³-hybridized carbons (Fsp3) is 0.316. The van der Waals surface area contributed by atoms with Gasteiger partial charge in [0.2, 0.25) is 0 Å². The Hall–Kier alpha value is -2.29. The lowest BCUT2D eigenvalue weighted by Crippen LogP contribution is -2.49. The van der Waals surface area contributed by atoms with E-state index in [1.807, 2.05) is 36.1 Å². The zero-order valence-corrected chi connectivity index (χ0v) is 13.2. The number of anilines is 1. The Morgan fingerprint density at radius 3 is 2.05 bits per heavy atom. The van der Waals surface area contributed by atoms with Gasteiger partial charge in [0.05, 0.1) is 0 Å². The summed E-state index contributed by atoms with van der Waals surface area (Å²) < 4.78 is 0. The first-order chi connectivity index (χ1) is 10.7. The summed E-state index contributed by atoms with van der Waals surface area (Å²) in [6.45, 7) is 7.48. The summed E-state index contributed by atoms with van der Waals surface area (Å²) in [5.41, 5.74) is 4.45. The molecule has 0 unspecified atom stereocenters. The SMILES string of the molecule is Cc1ccccc1C(=O)N1CCN(c2ccccc2C)CC1. The van der Waals surface area contributed by atoms with E-state index in [9.17, 15) is 4.79 Å². The van der Waals surface area contributed by atoms with Gasteiger partial charge < -0.3 is 9.80 Å². The predicted molar refractivity (Wildman–Crippen MR) is 90.5 cm³/mol. The summed E-state index contributed by atoms with van der Waals surface area (Å²) >= 11 is 0. The first-order valence-corrected chi connectivity index (χ1v) is 7.82. The molecular formula is C19H22N2O. The standard InChI is InChI=1S/C19H22N2O/c1-15-7-3-5-9-17(15)19(22)21-13-11-20(12-14-21)18-10-6-4-8-16(18)2/h3-10H,11-14H2,1-2H3. The average molecular weight is 294 g/mol. The minimum Gasteiger partial charge on any atom is -0.368 e. The molecule has 0 spiro atoms. The van der Waals surface area contributed by atoms with Crippen LogP contribution in [0.4, 0.5) is 5.69 Å². The van der Waals surface area contributed by atoms with E-state index in [-0.39, 0.29) is 5.91 Å². The second kappa shape index (κ2) is 6.22. The molecule has 3 rings (SSSR count). The van der Waals surface area contributed by atoms with E-state index in [1.165, 1.54) is 11.3 Å². The van der Waals surface area contributed by atoms with Gasteiger partial charge in [0, 0.05) is 37.4 Å². The van der Waals surface area contributed by atoms with Crippen molar-refractivity contribution in [3.05, 3.63) is 65.2 Å². The molecular weight excluding hydrogens is 272 g/mol. The molecule has 0 bridgehead atoms. The Morgan fingerprint density at radius 1 is 0.818 bits per heavy atom. The van der Waals surface area contributed by atoms with Crippen LogP contribution in [0.5, 0.6) is 0 Å². The van der Waals surface area contributed by atoms with Crippen LogP contribution < -0.4 is 4.90 Å². The van der Waals surface area contributed by atoms with Crippen LogP contribution in [0, 0.1) is 13.8 Å². The van der Waals surface area contributed by atoms with Crippen molar-refractivity contribution in [1.82, 2.24) is 4.90 Å². The number of hydrogen-bond acceptors (Lipinski definition) is 2. The summed E-state index contributed by atoms with van der Waals surface area (Å²) in [6.07, 6.45) is 0. The number of aryl methyl sites for hydroxylation is 2. The van der Waals surface area contributed by atoms with Crippen molar-refractivity contribution in [3.8, 4) is 0 Å². The predicted octanol–water partition coefficient (Wildman–Crippen LogP) is 3.27. The summed E-state index contributed by atoms with van der Waals surface area (Å²) in [7, 11) is 0. The van der Waals surface area contributed by atoms with Gasteiger partial charge in [0.15, 0.2) is 0 Å². The molecule has 2 aromatic carbocycles. The normalized spacial score (nSPS) is 15.0. The summed E-state index contributed by atoms with van der Waals surface area (Å²) in [5.74, 6) is 0.155. The highest BCUT2D eigenvalue weighted by atomic mass is 16.2. The highest BCUT2D eigenvalue weighted by molar-refractivity contribution is 5.95. The van der Waals surface area contributed by atoms with E-state index in [1.54, 1.807) is 0 Å². The van der Waals surface area contributed by atoms with E-state index in [4.69, 9.17) is 0 Å². The van der Waals surface area contributed by atoms with Crippen LogP contribution >= 0.6 is 0 Å². The van der Waals surface area contributed by atoms with Crippen molar-refractivity contribution >= 4 is 11.6 Å². The Kier molecular flexibility index (Phi) is 4.14. The molecule has 114 valence electrons. The summed E-state index contributed by atoms with van der Waals surface area (Å²) in [4.78, 5) is 17.0. The first kappa shape index (κ1) is 14.6. The van der Waals surface area contributed by atoms with Gasteiger partial charge in [-0.3, -0.25) is 4.79 Å². The molecule has 0 saturated carbocycles. The third-order valence-corrected chi connectivity index (χ3v) is 4.40. The van der Waals surface area contributed by atoms with Crippen LogP contribution in [-0.2, 0) is 0 Å². The number of benzene rings is 2. The second-order valence-corrected chi connectivity index (χ2v) is 5.88. The quantitative estimate of drug-likeness (QED) is 0.848. The largest absolute Gasteiger partial charge is 0.368 e. The Balaban J connectivity index is 1.68. The Labute approximate surface area is 132 Å². The van der Waals surface area contributed by atoms with Gasteiger partial charge in [-0.15, -0.1) is 0 Å². The molecule has 1 aliphatic heterocycles. The van der Waals surface area contributed by atoms with E-state index in [2.05, 4.69) is 36.1 Å². The van der Waals surface area contributed by atoms with Gasteiger partial charge >= 0.3 is 0 Å². The smallest absolute Gasteiger partial charge is 0.254 e. The molecule has 1 amide bonds. The van der Waals surface area contributed by atoms with Crippen LogP contribution in [0.1, 0.15) is 21.5 Å². The highest BCUT2D eigenvalue weighted by Gasteiger charge is 2.23. The molecule has 3 heteroatoms. The minimum atomic E-state index is 0.155. The zero-order valence-electron chi connectivity index (χ0n) is 13.2. The molecule has 22 heavy (non-hydrogen) atoms. The monoisotopic (exact) mass is 294 g/mol. The molecule has 0 radical (unpaired) electrons. The topological polar surface area (TPSA) is 23.6 Å². The highest BCUT2D eigenvalue weighted by Crippen LogP contribution is 2.21. The maximum Gasteiger partial charge on any atom is 0.254 e. The summed E-state index contributed by atoms with van der Waals surface area (Å²) in [5, 5.41) is 0. The molecule has 1 fully saturated rings. The Morgan fingerprint density at radius 2 is 1.41 bits per heavy atom. The van der Waals surface area contributed by atoms with Crippen molar-refractivity contribution in [2.75, 3.05) is 31.1 Å². The lowest BCUT2D eigenvalue weighted by molar-refractivity contribution is 0.0746. The molecule has 0 aliphatic carbocycles. The maximum atomic E-state index is 12.6. The zero-order chi connectivity index (χ0) is 15.5. The van der Waals surface area contributed by atoms with E-state index >= 15 is 0 Å². The fourth-order valence-electron chi connectivity index (χ4n) is 3.05. The first-order valence-electron chi connectivity index (χ1n) is 7.82. The summed E-state index contributed by atoms with van der Waals surface area (Å²) in [6, 6.07) is 16.3. The molecule has 0 N–H and O–H groups in total. The number of para-hydroxylation sites is 1. The number of rotatable bonds is 2. The number of carbonyl (C=O) groups is 1. The van der Waals surface area contributed by atoms with Crippen LogP contribution in [-0.4, -0.2) is 37.0 Å². The minimum absolute atomic E-state index is 0.155. The molecule has 0 aromatic heterocycles. The van der Waals surface area contributed by atoms with Gasteiger partial charge in [-0.2, -0.15) is 0 Å². The van der Waals surface area contributed by atoms with Gasteiger partial charge in [0.1, 0.15) is 0 Å². The van der Waals surface area contributed by atoms with Gasteiger partial charge in [-0.1, -0.05) is 36.4 Å². The molecule has 2 aromatic rings. The van der Waals surface area contributed by atoms with E-state index in [0.29, 0.717) is 0 Å². The maximum absolute atomic E-state index is 12.6. The lowest BCUT2D eigenvalue weighted by Gasteiger charge is -2.37. The number of carbonyl (C=O) groups excluding carboxylic acids is 1. The third-order valence-electron chi connectivity index (χ3n) is 4.40. The third kappa shape index (κ3) is 2.84. The average Bonchev–Trinajstić information content (AvgIpc) is 2.55. The van der Waals surface area contributed by atoms with E-state index in [0.717, 1.165) is 37.3 Å². The van der Waals surface area contributed by atoms with Crippen LogP contribution in [0.2, 0.25) is 0 Å². The van der Waals surface area contributed by atoms with Crippen molar-refractivity contribution < 1.29 is 4.79 Å². The van der Waals surface area contributed by atoms with Crippen LogP contribution in [0.15, 0.2) is 48.5 Å². The van der Waals surface area contributed by atoms with Crippen molar-refractivity contribution in [2.24, 2.45) is 0 Å². The molecule has 1 heterocycles. The molecule has 3 nitrogen and oxygen atoms in total. The molecule has 1 saturated heterocycles. The van der Waals surface area contributed by atoms with Crippen molar-refractivity contribution in [2.45, 2.75) is 13.8 Å². The van der Waals surface area contributed by atoms with E-state index < -0.39 is 0 Å². The molecule has 1 aliphatic rings. The van der Waals surface area contributed by atoms with Crippen LogP contribution in [0.3, 0.4) is 0 Å². The second-order valence-electron chi connectivity index (χ2n) is 5.88. The van der Waals surface area contributed by atoms with Crippen LogP contribution in [0.25, 0.3) is 0 Å². The fourth-order valence-corrected chi connectivity index (χ4v) is 3.05. The molecule has 0 atom stereocenters. The Bertz CT molecular complexity index is 673. The number of nitrogens with zero attached hydrogens (tertiary/aromatic N) is 2.